The lowest BCUT2D eigenvalue weighted by molar-refractivity contribution is 0.171. The third-order valence-corrected chi connectivity index (χ3v) is 2.11. The average Bonchev–Trinajstić information content (AvgIpc) is 2.12. The fourth-order valence-corrected chi connectivity index (χ4v) is 0.844. The predicted molar refractivity (Wildman–Crippen MR) is 51.9 cm³/mol. The summed E-state index contributed by atoms with van der Waals surface area (Å²) in [6.07, 6.45) is 1.79. The Bertz CT molecular complexity index is 162. The summed E-state index contributed by atoms with van der Waals surface area (Å²) in [5.41, 5.74) is -0.130. The second kappa shape index (κ2) is 6.05. The third kappa shape index (κ3) is 4.38. The maximum atomic E-state index is 9.04. The van der Waals surface area contributed by atoms with Crippen molar-refractivity contribution in [2.45, 2.75) is 39.2 Å². The first-order valence-electron chi connectivity index (χ1n) is 4.44. The number of hydrogen-bond acceptors (Lipinski definition) is 2. The molecule has 0 aromatic rings. The maximum Gasteiger partial charge on any atom is 0.0610 e. The lowest BCUT2D eigenvalue weighted by Crippen LogP contribution is -2.45. The quantitative estimate of drug-likeness (QED) is 0.478. The zero-order chi connectivity index (χ0) is 9.45. The Morgan fingerprint density at radius 2 is 2.17 bits per heavy atom. The van der Waals surface area contributed by atoms with E-state index in [-0.39, 0.29) is 12.1 Å². The van der Waals surface area contributed by atoms with E-state index in [1.807, 2.05) is 13.8 Å². The van der Waals surface area contributed by atoms with Crippen LogP contribution in [0.15, 0.2) is 0 Å². The molecular formula is C10H19NO. The molecule has 0 aromatic carbocycles. The molecule has 1 atom stereocenters. The first-order chi connectivity index (χ1) is 5.68. The second-order valence-electron chi connectivity index (χ2n) is 3.18. The first kappa shape index (κ1) is 11.5. The molecule has 2 nitrogen and oxygen atoms in total. The number of aliphatic hydroxyl groups is 1. The largest absolute Gasteiger partial charge is 0.394 e. The minimum atomic E-state index is -0.130. The zero-order valence-electron chi connectivity index (χ0n) is 8.28. The molecule has 0 spiro atoms. The van der Waals surface area contributed by atoms with E-state index in [4.69, 9.17) is 5.11 Å². The van der Waals surface area contributed by atoms with E-state index >= 15 is 0 Å². The number of rotatable bonds is 5. The van der Waals surface area contributed by atoms with E-state index in [0.29, 0.717) is 0 Å². The predicted octanol–water partition coefficient (Wildman–Crippen LogP) is 1.15. The van der Waals surface area contributed by atoms with Crippen LogP contribution in [0.1, 0.15) is 33.6 Å². The summed E-state index contributed by atoms with van der Waals surface area (Å²) in [7, 11) is 0. The van der Waals surface area contributed by atoms with Crippen LogP contribution in [0.5, 0.6) is 0 Å². The van der Waals surface area contributed by atoms with Crippen molar-refractivity contribution in [3.8, 4) is 11.8 Å². The Morgan fingerprint density at radius 1 is 1.50 bits per heavy atom. The van der Waals surface area contributed by atoms with Crippen molar-refractivity contribution in [3.05, 3.63) is 0 Å². The molecule has 0 rings (SSSR count). The van der Waals surface area contributed by atoms with Crippen molar-refractivity contribution in [1.82, 2.24) is 5.32 Å². The van der Waals surface area contributed by atoms with Gasteiger partial charge in [-0.1, -0.05) is 6.92 Å². The molecule has 70 valence electrons. The highest BCUT2D eigenvalue weighted by Crippen LogP contribution is 2.06. The van der Waals surface area contributed by atoms with Crippen molar-refractivity contribution in [1.29, 1.82) is 0 Å². The van der Waals surface area contributed by atoms with E-state index in [0.717, 1.165) is 19.4 Å². The van der Waals surface area contributed by atoms with Gasteiger partial charge in [-0.2, -0.15) is 0 Å². The smallest absolute Gasteiger partial charge is 0.0610 e. The first-order valence-corrected chi connectivity index (χ1v) is 4.44. The van der Waals surface area contributed by atoms with Crippen LogP contribution in [-0.2, 0) is 0 Å². The lowest BCUT2D eigenvalue weighted by atomic mass is 10.0. The molecule has 0 fully saturated rings. The van der Waals surface area contributed by atoms with Crippen LogP contribution in [0.25, 0.3) is 0 Å². The van der Waals surface area contributed by atoms with Crippen LogP contribution in [0.3, 0.4) is 0 Å². The number of nitrogens with one attached hydrogen (secondary N) is 1. The SMILES string of the molecule is CC#CCCNC(C)(CC)CO. The van der Waals surface area contributed by atoms with Crippen molar-refractivity contribution in [3.63, 3.8) is 0 Å². The number of hydrogen-bond donors (Lipinski definition) is 2. The summed E-state index contributed by atoms with van der Waals surface area (Å²) >= 11 is 0. The molecule has 0 saturated heterocycles. The standard InChI is InChI=1S/C10H19NO/c1-4-6-7-8-11-10(3,5-2)9-12/h11-12H,5,7-9H2,1-3H3. The molecular weight excluding hydrogens is 150 g/mol. The topological polar surface area (TPSA) is 32.3 Å². The normalized spacial score (nSPS) is 14.7. The summed E-state index contributed by atoms with van der Waals surface area (Å²) < 4.78 is 0. The van der Waals surface area contributed by atoms with Crippen LogP contribution in [-0.4, -0.2) is 23.8 Å². The van der Waals surface area contributed by atoms with Crippen molar-refractivity contribution in [2.24, 2.45) is 0 Å². The van der Waals surface area contributed by atoms with E-state index in [9.17, 15) is 0 Å². The van der Waals surface area contributed by atoms with Gasteiger partial charge in [-0.3, -0.25) is 0 Å². The lowest BCUT2D eigenvalue weighted by Gasteiger charge is -2.26. The van der Waals surface area contributed by atoms with Crippen LogP contribution >= 0.6 is 0 Å². The van der Waals surface area contributed by atoms with Gasteiger partial charge in [0.25, 0.3) is 0 Å². The van der Waals surface area contributed by atoms with Crippen molar-refractivity contribution >= 4 is 0 Å². The van der Waals surface area contributed by atoms with Gasteiger partial charge in [0.1, 0.15) is 0 Å². The van der Waals surface area contributed by atoms with Crippen molar-refractivity contribution < 1.29 is 5.11 Å². The van der Waals surface area contributed by atoms with Gasteiger partial charge in [0.15, 0.2) is 0 Å². The van der Waals surface area contributed by atoms with Crippen LogP contribution in [0, 0.1) is 11.8 Å². The molecule has 0 aliphatic rings. The zero-order valence-corrected chi connectivity index (χ0v) is 8.28. The van der Waals surface area contributed by atoms with Crippen LogP contribution < -0.4 is 5.32 Å². The van der Waals surface area contributed by atoms with E-state index < -0.39 is 0 Å². The highest BCUT2D eigenvalue weighted by Gasteiger charge is 2.18. The molecule has 1 unspecified atom stereocenters. The van der Waals surface area contributed by atoms with Gasteiger partial charge in [-0.05, 0) is 20.3 Å². The average molecular weight is 169 g/mol. The molecule has 0 bridgehead atoms. The fraction of sp³-hybridized carbons (Fsp3) is 0.800. The molecule has 0 aliphatic carbocycles. The Kier molecular flexibility index (Phi) is 5.79. The van der Waals surface area contributed by atoms with Gasteiger partial charge in [-0.25, -0.2) is 0 Å². The van der Waals surface area contributed by atoms with E-state index in [2.05, 4.69) is 24.1 Å². The van der Waals surface area contributed by atoms with Crippen molar-refractivity contribution in [2.75, 3.05) is 13.2 Å². The Labute approximate surface area is 75.4 Å². The molecule has 0 radical (unpaired) electrons. The summed E-state index contributed by atoms with van der Waals surface area (Å²) in [6, 6.07) is 0. The summed E-state index contributed by atoms with van der Waals surface area (Å²) in [6.45, 7) is 6.96. The Hall–Kier alpha value is -0.520. The fourth-order valence-electron chi connectivity index (χ4n) is 0.844. The van der Waals surface area contributed by atoms with E-state index in [1.54, 1.807) is 0 Å². The van der Waals surface area contributed by atoms with Gasteiger partial charge in [0.2, 0.25) is 0 Å². The Morgan fingerprint density at radius 3 is 2.58 bits per heavy atom. The Balaban J connectivity index is 3.63. The summed E-state index contributed by atoms with van der Waals surface area (Å²) in [4.78, 5) is 0. The van der Waals surface area contributed by atoms with Gasteiger partial charge < -0.3 is 10.4 Å². The minimum absolute atomic E-state index is 0.130. The monoisotopic (exact) mass is 169 g/mol. The third-order valence-electron chi connectivity index (χ3n) is 2.11. The van der Waals surface area contributed by atoms with Gasteiger partial charge in [0.05, 0.1) is 6.61 Å². The second-order valence-corrected chi connectivity index (χ2v) is 3.18. The molecule has 0 aliphatic heterocycles. The maximum absolute atomic E-state index is 9.04. The minimum Gasteiger partial charge on any atom is -0.394 e. The van der Waals surface area contributed by atoms with Gasteiger partial charge in [-0.15, -0.1) is 11.8 Å². The van der Waals surface area contributed by atoms with Crippen LogP contribution in [0.2, 0.25) is 0 Å². The molecule has 0 aromatic heterocycles. The molecule has 12 heavy (non-hydrogen) atoms. The molecule has 0 saturated carbocycles. The summed E-state index contributed by atoms with van der Waals surface area (Å²) in [5.74, 6) is 5.81. The van der Waals surface area contributed by atoms with E-state index in [1.165, 1.54) is 0 Å². The molecule has 0 amide bonds. The molecule has 2 N–H and O–H groups in total. The van der Waals surface area contributed by atoms with Gasteiger partial charge in [0, 0.05) is 18.5 Å². The molecule has 2 heteroatoms. The van der Waals surface area contributed by atoms with Crippen LogP contribution in [0.4, 0.5) is 0 Å². The number of aliphatic hydroxyl groups excluding tert-OH is 1. The highest BCUT2D eigenvalue weighted by molar-refractivity contribution is 4.96. The van der Waals surface area contributed by atoms with Gasteiger partial charge >= 0.3 is 0 Å². The summed E-state index contributed by atoms with van der Waals surface area (Å²) in [5, 5.41) is 12.3. The highest BCUT2D eigenvalue weighted by atomic mass is 16.3. The molecule has 0 heterocycles.